The van der Waals surface area contributed by atoms with Gasteiger partial charge >= 0.3 is 5.97 Å². The molecule has 1 atom stereocenters. The van der Waals surface area contributed by atoms with E-state index in [1.165, 1.54) is 12.8 Å². The quantitative estimate of drug-likeness (QED) is 0.693. The molecule has 0 bridgehead atoms. The molecule has 3 nitrogen and oxygen atoms in total. The monoisotopic (exact) mass is 219 g/mol. The topological polar surface area (TPSA) is 40.5 Å². The van der Waals surface area contributed by atoms with Gasteiger partial charge in [0.25, 0.3) is 0 Å². The van der Waals surface area contributed by atoms with E-state index in [2.05, 4.69) is 18.7 Å². The molecular weight excluding hydrogens is 202 g/mol. The van der Waals surface area contributed by atoms with Crippen LogP contribution in [0.3, 0.4) is 0 Å². The van der Waals surface area contributed by atoms with E-state index >= 15 is 0 Å². The van der Waals surface area contributed by atoms with Crippen LogP contribution < -0.4 is 0 Å². The second-order valence-corrected chi connectivity index (χ2v) is 4.82. The molecule has 1 saturated carbocycles. The number of rotatable bonds is 6. The zero-order valence-electron chi connectivity index (χ0n) is 8.74. The highest BCUT2D eigenvalue weighted by atomic mass is 35.5. The van der Waals surface area contributed by atoms with E-state index in [0.29, 0.717) is 12.6 Å². The SMILES string of the molecule is CC(C)N(CC1CC1)CC(Cl)C(=O)O. The summed E-state index contributed by atoms with van der Waals surface area (Å²) in [7, 11) is 0. The van der Waals surface area contributed by atoms with Crippen molar-refractivity contribution in [1.82, 2.24) is 4.90 Å². The van der Waals surface area contributed by atoms with Crippen molar-refractivity contribution in [2.75, 3.05) is 13.1 Å². The van der Waals surface area contributed by atoms with E-state index in [-0.39, 0.29) is 0 Å². The molecule has 0 spiro atoms. The lowest BCUT2D eigenvalue weighted by atomic mass is 10.2. The summed E-state index contributed by atoms with van der Waals surface area (Å²) in [5.41, 5.74) is 0. The maximum atomic E-state index is 10.6. The highest BCUT2D eigenvalue weighted by Gasteiger charge is 2.27. The molecule has 1 unspecified atom stereocenters. The van der Waals surface area contributed by atoms with Crippen molar-refractivity contribution in [3.63, 3.8) is 0 Å². The number of hydrogen-bond acceptors (Lipinski definition) is 2. The molecule has 1 fully saturated rings. The van der Waals surface area contributed by atoms with Gasteiger partial charge in [-0.15, -0.1) is 11.6 Å². The first kappa shape index (κ1) is 11.8. The van der Waals surface area contributed by atoms with E-state index in [4.69, 9.17) is 16.7 Å². The second-order valence-electron chi connectivity index (χ2n) is 4.30. The average molecular weight is 220 g/mol. The van der Waals surface area contributed by atoms with Crippen LogP contribution in [0.25, 0.3) is 0 Å². The van der Waals surface area contributed by atoms with Crippen molar-refractivity contribution < 1.29 is 9.90 Å². The molecule has 82 valence electrons. The Morgan fingerprint density at radius 3 is 2.50 bits per heavy atom. The molecular formula is C10H18ClNO2. The van der Waals surface area contributed by atoms with Gasteiger partial charge in [0.1, 0.15) is 5.38 Å². The highest BCUT2D eigenvalue weighted by molar-refractivity contribution is 6.29. The summed E-state index contributed by atoms with van der Waals surface area (Å²) in [6, 6.07) is 0.371. The van der Waals surface area contributed by atoms with Gasteiger partial charge in [-0.25, -0.2) is 0 Å². The molecule has 0 aromatic carbocycles. The van der Waals surface area contributed by atoms with Crippen LogP contribution in [0.15, 0.2) is 0 Å². The smallest absolute Gasteiger partial charge is 0.322 e. The largest absolute Gasteiger partial charge is 0.480 e. The number of hydrogen-bond donors (Lipinski definition) is 1. The van der Waals surface area contributed by atoms with Crippen LogP contribution >= 0.6 is 11.6 Å². The Labute approximate surface area is 90.0 Å². The Morgan fingerprint density at radius 2 is 2.14 bits per heavy atom. The minimum absolute atomic E-state index is 0.371. The average Bonchev–Trinajstić information content (AvgIpc) is 2.86. The predicted molar refractivity (Wildman–Crippen MR) is 56.7 cm³/mol. The van der Waals surface area contributed by atoms with Gasteiger partial charge in [0, 0.05) is 19.1 Å². The highest BCUT2D eigenvalue weighted by Crippen LogP contribution is 2.30. The molecule has 1 aliphatic rings. The van der Waals surface area contributed by atoms with Crippen LogP contribution in [-0.2, 0) is 4.79 Å². The van der Waals surface area contributed by atoms with E-state index < -0.39 is 11.3 Å². The maximum Gasteiger partial charge on any atom is 0.322 e. The Balaban J connectivity index is 2.37. The van der Waals surface area contributed by atoms with Gasteiger partial charge in [0.15, 0.2) is 0 Å². The molecule has 1 N–H and O–H groups in total. The van der Waals surface area contributed by atoms with Crippen molar-refractivity contribution in [3.05, 3.63) is 0 Å². The standard InChI is InChI=1S/C10H18ClNO2/c1-7(2)12(5-8-3-4-8)6-9(11)10(13)14/h7-9H,3-6H2,1-2H3,(H,13,14). The molecule has 0 heterocycles. The first-order valence-corrected chi connectivity index (χ1v) is 5.55. The summed E-state index contributed by atoms with van der Waals surface area (Å²) in [6.07, 6.45) is 2.56. The van der Waals surface area contributed by atoms with Crippen LogP contribution in [0, 0.1) is 5.92 Å². The molecule has 0 saturated heterocycles. The van der Waals surface area contributed by atoms with Gasteiger partial charge < -0.3 is 5.11 Å². The summed E-state index contributed by atoms with van der Waals surface area (Å²) in [6.45, 7) is 5.60. The van der Waals surface area contributed by atoms with E-state index in [1.807, 2.05) is 0 Å². The molecule has 0 aromatic heterocycles. The lowest BCUT2D eigenvalue weighted by Gasteiger charge is -2.27. The van der Waals surface area contributed by atoms with E-state index in [9.17, 15) is 4.79 Å². The Morgan fingerprint density at radius 1 is 1.57 bits per heavy atom. The fraction of sp³-hybridized carbons (Fsp3) is 0.900. The van der Waals surface area contributed by atoms with Crippen molar-refractivity contribution in [2.24, 2.45) is 5.92 Å². The summed E-state index contributed by atoms with van der Waals surface area (Å²) in [4.78, 5) is 12.8. The zero-order chi connectivity index (χ0) is 10.7. The predicted octanol–water partition coefficient (Wildman–Crippen LogP) is 1.80. The number of alkyl halides is 1. The minimum atomic E-state index is -0.923. The fourth-order valence-electron chi connectivity index (χ4n) is 1.41. The van der Waals surface area contributed by atoms with Crippen LogP contribution in [0.2, 0.25) is 0 Å². The van der Waals surface area contributed by atoms with Crippen LogP contribution in [0.1, 0.15) is 26.7 Å². The van der Waals surface area contributed by atoms with Crippen molar-refractivity contribution in [1.29, 1.82) is 0 Å². The molecule has 0 amide bonds. The van der Waals surface area contributed by atoms with Crippen molar-refractivity contribution in [2.45, 2.75) is 38.1 Å². The van der Waals surface area contributed by atoms with Crippen LogP contribution in [-0.4, -0.2) is 40.5 Å². The summed E-state index contributed by atoms with van der Waals surface area (Å²) < 4.78 is 0. The number of halogens is 1. The first-order valence-electron chi connectivity index (χ1n) is 5.11. The summed E-state index contributed by atoms with van der Waals surface area (Å²) >= 11 is 5.72. The lowest BCUT2D eigenvalue weighted by molar-refractivity contribution is -0.137. The van der Waals surface area contributed by atoms with E-state index in [1.54, 1.807) is 0 Å². The van der Waals surface area contributed by atoms with Gasteiger partial charge in [-0.1, -0.05) is 0 Å². The number of aliphatic carboxylic acids is 1. The van der Waals surface area contributed by atoms with Crippen LogP contribution in [0.5, 0.6) is 0 Å². The fourth-order valence-corrected chi connectivity index (χ4v) is 1.59. The third kappa shape index (κ3) is 3.84. The molecule has 0 aliphatic heterocycles. The Hall–Kier alpha value is -0.280. The summed E-state index contributed by atoms with van der Waals surface area (Å²) in [5.74, 6) is -0.150. The first-order chi connectivity index (χ1) is 6.50. The Bertz CT molecular complexity index is 204. The number of carboxylic acid groups (broad SMARTS) is 1. The van der Waals surface area contributed by atoms with Gasteiger partial charge in [0.05, 0.1) is 0 Å². The van der Waals surface area contributed by atoms with Gasteiger partial charge in [-0.2, -0.15) is 0 Å². The second kappa shape index (κ2) is 4.99. The molecule has 1 aliphatic carbocycles. The third-order valence-electron chi connectivity index (χ3n) is 2.58. The normalized spacial score (nSPS) is 18.9. The van der Waals surface area contributed by atoms with Crippen molar-refractivity contribution >= 4 is 17.6 Å². The Kier molecular flexibility index (Phi) is 4.20. The lowest BCUT2D eigenvalue weighted by Crippen LogP contribution is -2.39. The van der Waals surface area contributed by atoms with Gasteiger partial charge in [-0.3, -0.25) is 9.69 Å². The number of nitrogens with zero attached hydrogens (tertiary/aromatic N) is 1. The molecule has 14 heavy (non-hydrogen) atoms. The molecule has 0 aromatic rings. The number of carbonyl (C=O) groups is 1. The van der Waals surface area contributed by atoms with Gasteiger partial charge in [0.2, 0.25) is 0 Å². The molecule has 0 radical (unpaired) electrons. The molecule has 1 rings (SSSR count). The zero-order valence-corrected chi connectivity index (χ0v) is 9.50. The van der Waals surface area contributed by atoms with Crippen LogP contribution in [0.4, 0.5) is 0 Å². The van der Waals surface area contributed by atoms with Gasteiger partial charge in [-0.05, 0) is 32.6 Å². The van der Waals surface area contributed by atoms with E-state index in [0.717, 1.165) is 12.5 Å². The number of carboxylic acids is 1. The maximum absolute atomic E-state index is 10.6. The minimum Gasteiger partial charge on any atom is -0.480 e. The third-order valence-corrected chi connectivity index (χ3v) is 2.91. The summed E-state index contributed by atoms with van der Waals surface area (Å²) in [5, 5.41) is 7.92. The van der Waals surface area contributed by atoms with Crippen molar-refractivity contribution in [3.8, 4) is 0 Å². The molecule has 4 heteroatoms.